The van der Waals surface area contributed by atoms with E-state index in [1.165, 1.54) is 12.1 Å². The van der Waals surface area contributed by atoms with Gasteiger partial charge in [0.1, 0.15) is 12.2 Å². The molecule has 0 saturated carbocycles. The molecular weight excluding hydrogens is 178 g/mol. The fourth-order valence-corrected chi connectivity index (χ4v) is 1.30. The minimum absolute atomic E-state index is 0.166. The van der Waals surface area contributed by atoms with E-state index in [-0.39, 0.29) is 18.3 Å². The quantitative estimate of drug-likeness (QED) is 0.708. The van der Waals surface area contributed by atoms with E-state index in [0.717, 1.165) is 6.07 Å². The van der Waals surface area contributed by atoms with Gasteiger partial charge in [0, 0.05) is 5.56 Å². The number of ether oxygens (including phenoxy) is 1. The molecule has 0 spiro atoms. The van der Waals surface area contributed by atoms with E-state index in [9.17, 15) is 8.78 Å². The Balaban J connectivity index is 2.27. The van der Waals surface area contributed by atoms with Gasteiger partial charge in [-0.2, -0.15) is 0 Å². The van der Waals surface area contributed by atoms with Gasteiger partial charge in [0.05, 0.1) is 6.61 Å². The molecule has 1 aliphatic heterocycles. The van der Waals surface area contributed by atoms with Gasteiger partial charge in [0.2, 0.25) is 0 Å². The molecule has 2 nitrogen and oxygen atoms in total. The van der Waals surface area contributed by atoms with Gasteiger partial charge in [-0.1, -0.05) is 12.1 Å². The zero-order valence-corrected chi connectivity index (χ0v) is 6.71. The molecule has 0 aromatic heterocycles. The lowest BCUT2D eigenvalue weighted by molar-refractivity contribution is 0.242. The SMILES string of the molecule is OCC1OC1c1cccc(F)c1F. The van der Waals surface area contributed by atoms with Gasteiger partial charge in [0.15, 0.2) is 11.6 Å². The number of benzene rings is 1. The van der Waals surface area contributed by atoms with Crippen LogP contribution in [-0.2, 0) is 4.74 Å². The molecule has 4 heteroatoms. The summed E-state index contributed by atoms with van der Waals surface area (Å²) < 4.78 is 30.7. The van der Waals surface area contributed by atoms with E-state index in [1.807, 2.05) is 0 Å². The average Bonchev–Trinajstić information content (AvgIpc) is 2.89. The van der Waals surface area contributed by atoms with Crippen molar-refractivity contribution in [2.24, 2.45) is 0 Å². The summed E-state index contributed by atoms with van der Waals surface area (Å²) in [5.74, 6) is -1.77. The predicted molar refractivity (Wildman–Crippen MR) is 41.1 cm³/mol. The molecule has 2 atom stereocenters. The number of hydrogen-bond acceptors (Lipinski definition) is 2. The first-order chi connectivity index (χ1) is 6.24. The van der Waals surface area contributed by atoms with Gasteiger partial charge in [0.25, 0.3) is 0 Å². The maximum absolute atomic E-state index is 13.1. The Kier molecular flexibility index (Phi) is 2.01. The highest BCUT2D eigenvalue weighted by Gasteiger charge is 2.41. The van der Waals surface area contributed by atoms with Crippen LogP contribution in [0.25, 0.3) is 0 Å². The summed E-state index contributed by atoms with van der Waals surface area (Å²) in [6.07, 6.45) is -0.864. The van der Waals surface area contributed by atoms with Gasteiger partial charge in [-0.05, 0) is 6.07 Å². The highest BCUT2D eigenvalue weighted by molar-refractivity contribution is 5.25. The molecule has 0 amide bonds. The Hall–Kier alpha value is -1.00. The maximum Gasteiger partial charge on any atom is 0.164 e. The molecule has 0 radical (unpaired) electrons. The first-order valence-electron chi connectivity index (χ1n) is 3.94. The maximum atomic E-state index is 13.1. The molecular formula is C9H8F2O2. The molecule has 0 bridgehead atoms. The van der Waals surface area contributed by atoms with E-state index >= 15 is 0 Å². The van der Waals surface area contributed by atoms with Gasteiger partial charge in [-0.15, -0.1) is 0 Å². The van der Waals surface area contributed by atoms with Gasteiger partial charge >= 0.3 is 0 Å². The standard InChI is InChI=1S/C9H8F2O2/c10-6-3-1-2-5(8(6)11)9-7(4-12)13-9/h1-3,7,9,12H,4H2. The fourth-order valence-electron chi connectivity index (χ4n) is 1.30. The van der Waals surface area contributed by atoms with Crippen LogP contribution in [-0.4, -0.2) is 17.8 Å². The molecule has 13 heavy (non-hydrogen) atoms. The van der Waals surface area contributed by atoms with Crippen molar-refractivity contribution >= 4 is 0 Å². The second-order valence-corrected chi connectivity index (χ2v) is 2.92. The normalized spacial score (nSPS) is 26.1. The van der Waals surface area contributed by atoms with E-state index in [4.69, 9.17) is 9.84 Å². The van der Waals surface area contributed by atoms with Crippen LogP contribution in [0, 0.1) is 11.6 Å². The molecule has 1 heterocycles. The van der Waals surface area contributed by atoms with Crippen molar-refractivity contribution < 1.29 is 18.6 Å². The van der Waals surface area contributed by atoms with Crippen LogP contribution in [0.2, 0.25) is 0 Å². The number of aliphatic hydroxyl groups is 1. The minimum atomic E-state index is -0.886. The summed E-state index contributed by atoms with van der Waals surface area (Å²) in [6.45, 7) is -0.166. The highest BCUT2D eigenvalue weighted by Crippen LogP contribution is 2.39. The Morgan fingerprint density at radius 1 is 1.38 bits per heavy atom. The van der Waals surface area contributed by atoms with Crippen LogP contribution in [0.5, 0.6) is 0 Å². The first kappa shape index (κ1) is 8.59. The van der Waals surface area contributed by atoms with Crippen molar-refractivity contribution in [3.8, 4) is 0 Å². The zero-order valence-electron chi connectivity index (χ0n) is 6.71. The summed E-state index contributed by atoms with van der Waals surface area (Å²) >= 11 is 0. The van der Waals surface area contributed by atoms with Crippen molar-refractivity contribution in [2.75, 3.05) is 6.61 Å². The topological polar surface area (TPSA) is 32.8 Å². The number of epoxide rings is 1. The first-order valence-corrected chi connectivity index (χ1v) is 3.94. The smallest absolute Gasteiger partial charge is 0.164 e. The predicted octanol–water partition coefficient (Wildman–Crippen LogP) is 1.40. The highest BCUT2D eigenvalue weighted by atomic mass is 19.2. The molecule has 1 aromatic rings. The van der Waals surface area contributed by atoms with E-state index in [1.54, 1.807) is 0 Å². The minimum Gasteiger partial charge on any atom is -0.394 e. The summed E-state index contributed by atoms with van der Waals surface area (Å²) in [5.41, 5.74) is 0.180. The molecule has 1 aromatic carbocycles. The third-order valence-corrected chi connectivity index (χ3v) is 2.05. The van der Waals surface area contributed by atoms with Crippen LogP contribution in [0.3, 0.4) is 0 Å². The van der Waals surface area contributed by atoms with Gasteiger partial charge < -0.3 is 9.84 Å². The lowest BCUT2D eigenvalue weighted by Gasteiger charge is -1.98. The number of hydrogen-bond donors (Lipinski definition) is 1. The monoisotopic (exact) mass is 186 g/mol. The van der Waals surface area contributed by atoms with Crippen molar-refractivity contribution in [1.82, 2.24) is 0 Å². The lowest BCUT2D eigenvalue weighted by atomic mass is 10.1. The Morgan fingerprint density at radius 2 is 2.15 bits per heavy atom. The van der Waals surface area contributed by atoms with Crippen molar-refractivity contribution in [1.29, 1.82) is 0 Å². The molecule has 1 aliphatic rings. The van der Waals surface area contributed by atoms with E-state index in [2.05, 4.69) is 0 Å². The van der Waals surface area contributed by atoms with Crippen molar-refractivity contribution in [3.05, 3.63) is 35.4 Å². The van der Waals surface area contributed by atoms with Gasteiger partial charge in [-0.3, -0.25) is 0 Å². The molecule has 70 valence electrons. The second-order valence-electron chi connectivity index (χ2n) is 2.92. The number of halogens is 2. The summed E-state index contributed by atoms with van der Waals surface area (Å²) in [5, 5.41) is 8.66. The summed E-state index contributed by atoms with van der Waals surface area (Å²) in [7, 11) is 0. The largest absolute Gasteiger partial charge is 0.394 e. The van der Waals surface area contributed by atoms with E-state index < -0.39 is 17.7 Å². The number of aliphatic hydroxyl groups excluding tert-OH is 1. The molecule has 2 unspecified atom stereocenters. The number of rotatable bonds is 2. The molecule has 2 rings (SSSR count). The molecule has 0 aliphatic carbocycles. The molecule has 1 saturated heterocycles. The van der Waals surface area contributed by atoms with Crippen molar-refractivity contribution in [2.45, 2.75) is 12.2 Å². The van der Waals surface area contributed by atoms with Crippen LogP contribution >= 0.6 is 0 Å². The van der Waals surface area contributed by atoms with Gasteiger partial charge in [-0.25, -0.2) is 8.78 Å². The summed E-state index contributed by atoms with van der Waals surface area (Å²) in [4.78, 5) is 0. The lowest BCUT2D eigenvalue weighted by Crippen LogP contribution is -1.98. The second kappa shape index (κ2) is 3.05. The third kappa shape index (κ3) is 1.43. The van der Waals surface area contributed by atoms with E-state index in [0.29, 0.717) is 0 Å². The Bertz CT molecular complexity index is 327. The van der Waals surface area contributed by atoms with Crippen LogP contribution in [0.4, 0.5) is 8.78 Å². The van der Waals surface area contributed by atoms with Crippen molar-refractivity contribution in [3.63, 3.8) is 0 Å². The van der Waals surface area contributed by atoms with Crippen LogP contribution in [0.1, 0.15) is 11.7 Å². The zero-order chi connectivity index (χ0) is 9.42. The third-order valence-electron chi connectivity index (χ3n) is 2.05. The Morgan fingerprint density at radius 3 is 2.77 bits per heavy atom. The average molecular weight is 186 g/mol. The molecule has 1 fully saturated rings. The summed E-state index contributed by atoms with van der Waals surface area (Å²) in [6, 6.07) is 3.93. The Labute approximate surface area is 73.8 Å². The van der Waals surface area contributed by atoms with Crippen LogP contribution < -0.4 is 0 Å². The molecule has 1 N–H and O–H groups in total. The van der Waals surface area contributed by atoms with Crippen LogP contribution in [0.15, 0.2) is 18.2 Å². The fraction of sp³-hybridized carbons (Fsp3) is 0.333.